The fraction of sp³-hybridized carbons (Fsp3) is 0.333. The number of nitrogens with one attached hydrogen (secondary N) is 2. The number of hydrogen-bond donors (Lipinski definition) is 2. The third-order valence-electron chi connectivity index (χ3n) is 2.72. The molecule has 2 rings (SSSR count). The summed E-state index contributed by atoms with van der Waals surface area (Å²) in [7, 11) is 0. The summed E-state index contributed by atoms with van der Waals surface area (Å²) >= 11 is 0. The minimum Gasteiger partial charge on any atom is -0.491 e. The number of aromatic amines is 1. The third kappa shape index (κ3) is 3.60. The van der Waals surface area contributed by atoms with Crippen LogP contribution in [0.1, 0.15) is 36.8 Å². The number of amides is 1. The van der Waals surface area contributed by atoms with Gasteiger partial charge >= 0.3 is 0 Å². The maximum Gasteiger partial charge on any atom is 0.256 e. The molecule has 0 spiro atoms. The molecule has 0 saturated carbocycles. The van der Waals surface area contributed by atoms with Crippen LogP contribution >= 0.6 is 0 Å². The second-order valence-electron chi connectivity index (χ2n) is 4.78. The predicted octanol–water partition coefficient (Wildman–Crippen LogP) is 3.01. The topological polar surface area (TPSA) is 67.0 Å². The van der Waals surface area contributed by atoms with E-state index in [-0.39, 0.29) is 12.0 Å². The summed E-state index contributed by atoms with van der Waals surface area (Å²) < 4.78 is 5.57. The summed E-state index contributed by atoms with van der Waals surface area (Å²) in [4.78, 5) is 12.1. The molecule has 5 heteroatoms. The molecule has 0 bridgehead atoms. The minimum absolute atomic E-state index is 0.0757. The SMILES string of the molecule is CCc1cc(NC(=O)c2cccc(OC(C)C)c2)n[nH]1. The van der Waals surface area contributed by atoms with Gasteiger partial charge < -0.3 is 10.1 Å². The first-order valence-corrected chi connectivity index (χ1v) is 6.71. The molecule has 5 nitrogen and oxygen atoms in total. The summed E-state index contributed by atoms with van der Waals surface area (Å²) in [5, 5.41) is 9.65. The van der Waals surface area contributed by atoms with Crippen LogP contribution in [-0.4, -0.2) is 22.2 Å². The number of H-pyrrole nitrogens is 1. The zero-order valence-corrected chi connectivity index (χ0v) is 11.9. The van der Waals surface area contributed by atoms with Gasteiger partial charge in [-0.05, 0) is 38.5 Å². The second-order valence-corrected chi connectivity index (χ2v) is 4.78. The lowest BCUT2D eigenvalue weighted by atomic mass is 10.2. The lowest BCUT2D eigenvalue weighted by molar-refractivity contribution is 0.102. The molecule has 1 heterocycles. The molecule has 0 aliphatic rings. The molecule has 1 amide bonds. The normalized spacial score (nSPS) is 10.6. The summed E-state index contributed by atoms with van der Waals surface area (Å²) in [6.07, 6.45) is 0.924. The van der Waals surface area contributed by atoms with Gasteiger partial charge in [-0.1, -0.05) is 13.0 Å². The van der Waals surface area contributed by atoms with Crippen LogP contribution in [0.3, 0.4) is 0 Å². The van der Waals surface area contributed by atoms with Crippen LogP contribution in [0.2, 0.25) is 0 Å². The summed E-state index contributed by atoms with van der Waals surface area (Å²) in [6, 6.07) is 8.93. The van der Waals surface area contributed by atoms with E-state index in [4.69, 9.17) is 4.74 Å². The monoisotopic (exact) mass is 273 g/mol. The Balaban J connectivity index is 2.08. The second kappa shape index (κ2) is 6.23. The zero-order chi connectivity index (χ0) is 14.5. The zero-order valence-electron chi connectivity index (χ0n) is 11.9. The van der Waals surface area contributed by atoms with Crippen molar-refractivity contribution in [3.63, 3.8) is 0 Å². The van der Waals surface area contributed by atoms with Gasteiger partial charge in [-0.2, -0.15) is 5.10 Å². The third-order valence-corrected chi connectivity index (χ3v) is 2.72. The van der Waals surface area contributed by atoms with Crippen LogP contribution in [0.25, 0.3) is 0 Å². The van der Waals surface area contributed by atoms with Gasteiger partial charge in [0.2, 0.25) is 0 Å². The van der Waals surface area contributed by atoms with E-state index in [1.165, 1.54) is 0 Å². The van der Waals surface area contributed by atoms with Crippen molar-refractivity contribution in [3.05, 3.63) is 41.6 Å². The van der Waals surface area contributed by atoms with Gasteiger partial charge in [-0.25, -0.2) is 0 Å². The fourth-order valence-corrected chi connectivity index (χ4v) is 1.78. The van der Waals surface area contributed by atoms with E-state index in [9.17, 15) is 4.79 Å². The van der Waals surface area contributed by atoms with Gasteiger partial charge in [0.05, 0.1) is 6.10 Å². The first-order valence-electron chi connectivity index (χ1n) is 6.71. The number of ether oxygens (including phenoxy) is 1. The van der Waals surface area contributed by atoms with E-state index in [2.05, 4.69) is 15.5 Å². The maximum absolute atomic E-state index is 12.1. The maximum atomic E-state index is 12.1. The number of carbonyl (C=O) groups is 1. The van der Waals surface area contributed by atoms with Crippen molar-refractivity contribution in [2.75, 3.05) is 5.32 Å². The Labute approximate surface area is 118 Å². The predicted molar refractivity (Wildman–Crippen MR) is 78.1 cm³/mol. The lowest BCUT2D eigenvalue weighted by Gasteiger charge is -2.10. The Morgan fingerprint density at radius 1 is 1.40 bits per heavy atom. The number of rotatable bonds is 5. The average molecular weight is 273 g/mol. The molecule has 0 aliphatic heterocycles. The van der Waals surface area contributed by atoms with E-state index >= 15 is 0 Å². The highest BCUT2D eigenvalue weighted by Gasteiger charge is 2.09. The molecular weight excluding hydrogens is 254 g/mol. The first kappa shape index (κ1) is 14.1. The summed E-state index contributed by atoms with van der Waals surface area (Å²) in [5.41, 5.74) is 1.53. The van der Waals surface area contributed by atoms with Crippen LogP contribution in [0.4, 0.5) is 5.82 Å². The van der Waals surface area contributed by atoms with Gasteiger partial charge in [0, 0.05) is 17.3 Å². The first-order chi connectivity index (χ1) is 9.58. The largest absolute Gasteiger partial charge is 0.491 e. The van der Waals surface area contributed by atoms with Gasteiger partial charge in [-0.15, -0.1) is 0 Å². The minimum atomic E-state index is -0.201. The standard InChI is InChI=1S/C15H19N3O2/c1-4-12-9-14(18-17-12)16-15(19)11-6-5-7-13(8-11)20-10(2)3/h5-10H,4H2,1-3H3,(H2,16,17,18,19). The number of carbonyl (C=O) groups excluding carboxylic acids is 1. The van der Waals surface area contributed by atoms with Gasteiger partial charge in [0.15, 0.2) is 5.82 Å². The molecular formula is C15H19N3O2. The van der Waals surface area contributed by atoms with Crippen molar-refractivity contribution in [2.24, 2.45) is 0 Å². The molecule has 0 fully saturated rings. The van der Waals surface area contributed by atoms with Gasteiger partial charge in [0.25, 0.3) is 5.91 Å². The van der Waals surface area contributed by atoms with Crippen molar-refractivity contribution < 1.29 is 9.53 Å². The van der Waals surface area contributed by atoms with E-state index < -0.39 is 0 Å². The number of anilines is 1. The molecule has 106 valence electrons. The molecule has 0 unspecified atom stereocenters. The lowest BCUT2D eigenvalue weighted by Crippen LogP contribution is -2.13. The van der Waals surface area contributed by atoms with Crippen molar-refractivity contribution >= 4 is 11.7 Å². The van der Waals surface area contributed by atoms with Crippen LogP contribution in [-0.2, 0) is 6.42 Å². The van der Waals surface area contributed by atoms with Crippen LogP contribution < -0.4 is 10.1 Å². The van der Waals surface area contributed by atoms with Gasteiger partial charge in [0.1, 0.15) is 5.75 Å². The van der Waals surface area contributed by atoms with E-state index in [1.807, 2.05) is 32.9 Å². The van der Waals surface area contributed by atoms with Crippen LogP contribution in [0.5, 0.6) is 5.75 Å². The van der Waals surface area contributed by atoms with Crippen molar-refractivity contribution in [2.45, 2.75) is 33.3 Å². The Morgan fingerprint density at radius 2 is 2.20 bits per heavy atom. The highest BCUT2D eigenvalue weighted by Crippen LogP contribution is 2.16. The highest BCUT2D eigenvalue weighted by molar-refractivity contribution is 6.04. The van der Waals surface area contributed by atoms with E-state index in [1.54, 1.807) is 18.2 Å². The highest BCUT2D eigenvalue weighted by atomic mass is 16.5. The van der Waals surface area contributed by atoms with Crippen molar-refractivity contribution in [1.82, 2.24) is 10.2 Å². The van der Waals surface area contributed by atoms with Gasteiger partial charge in [-0.3, -0.25) is 9.89 Å². The van der Waals surface area contributed by atoms with E-state index in [0.29, 0.717) is 17.1 Å². The number of aryl methyl sites for hydroxylation is 1. The average Bonchev–Trinajstić information content (AvgIpc) is 2.86. The van der Waals surface area contributed by atoms with E-state index in [0.717, 1.165) is 12.1 Å². The molecule has 1 aromatic heterocycles. The molecule has 0 saturated heterocycles. The Hall–Kier alpha value is -2.30. The molecule has 1 aromatic carbocycles. The molecule has 0 aliphatic carbocycles. The van der Waals surface area contributed by atoms with Crippen molar-refractivity contribution in [3.8, 4) is 5.75 Å². The Morgan fingerprint density at radius 3 is 2.85 bits per heavy atom. The quantitative estimate of drug-likeness (QED) is 0.880. The summed E-state index contributed by atoms with van der Waals surface area (Å²) in [6.45, 7) is 5.91. The smallest absolute Gasteiger partial charge is 0.256 e. The van der Waals surface area contributed by atoms with Crippen LogP contribution in [0.15, 0.2) is 30.3 Å². The molecule has 2 N–H and O–H groups in total. The number of nitrogens with zero attached hydrogens (tertiary/aromatic N) is 1. The molecule has 2 aromatic rings. The molecule has 0 atom stereocenters. The number of aromatic nitrogens is 2. The summed E-state index contributed by atoms with van der Waals surface area (Å²) in [5.74, 6) is 1.01. The number of hydrogen-bond acceptors (Lipinski definition) is 3. The Bertz CT molecular complexity index is 590. The Kier molecular flexibility index (Phi) is 4.40. The van der Waals surface area contributed by atoms with Crippen LogP contribution in [0, 0.1) is 0 Å². The van der Waals surface area contributed by atoms with Crippen molar-refractivity contribution in [1.29, 1.82) is 0 Å². The number of benzene rings is 1. The molecule has 0 radical (unpaired) electrons. The molecule has 20 heavy (non-hydrogen) atoms. The fourth-order valence-electron chi connectivity index (χ4n) is 1.78.